The van der Waals surface area contributed by atoms with Crippen LogP contribution in [0.1, 0.15) is 34.0 Å². The molecule has 2 aliphatic rings. The first-order valence-corrected chi connectivity index (χ1v) is 9.72. The van der Waals surface area contributed by atoms with Crippen molar-refractivity contribution in [1.82, 2.24) is 0 Å². The van der Waals surface area contributed by atoms with Crippen molar-refractivity contribution in [2.24, 2.45) is 0 Å². The molecule has 11 heteroatoms. The maximum atomic E-state index is 12.8. The van der Waals surface area contributed by atoms with Crippen LogP contribution in [-0.4, -0.2) is 77.7 Å². The average molecular weight is 450 g/mol. The lowest BCUT2D eigenvalue weighted by molar-refractivity contribution is -0.358. The number of carbonyl (C=O) groups excluding carboxylic acids is 1. The zero-order valence-corrected chi connectivity index (χ0v) is 16.5. The summed E-state index contributed by atoms with van der Waals surface area (Å²) in [5.41, 5.74) is -0.603. The fourth-order valence-electron chi connectivity index (χ4n) is 4.05. The number of benzene rings is 2. The van der Waals surface area contributed by atoms with Crippen molar-refractivity contribution >= 4 is 5.78 Å². The third kappa shape index (κ3) is 3.35. The summed E-state index contributed by atoms with van der Waals surface area (Å²) >= 11 is 0. The summed E-state index contributed by atoms with van der Waals surface area (Å²) in [5, 5.41) is 81.6. The second kappa shape index (κ2) is 7.89. The van der Waals surface area contributed by atoms with E-state index < -0.39 is 77.1 Å². The molecule has 6 atom stereocenters. The molecule has 0 bridgehead atoms. The minimum atomic E-state index is -2.93. The Morgan fingerprint density at radius 2 is 1.66 bits per heavy atom. The minimum absolute atomic E-state index is 0.0251. The van der Waals surface area contributed by atoms with Gasteiger partial charge in [0.2, 0.25) is 5.79 Å². The molecule has 2 aromatic carbocycles. The number of Topliss-reactive ketones (excluding diaryl/α,β-unsaturated/α-hetero) is 1. The van der Waals surface area contributed by atoms with Crippen LogP contribution in [0.3, 0.4) is 0 Å². The molecule has 0 aromatic heterocycles. The normalized spacial score (nSPS) is 32.3. The molecule has 1 fully saturated rings. The van der Waals surface area contributed by atoms with Crippen LogP contribution in [0, 0.1) is 0 Å². The van der Waals surface area contributed by atoms with E-state index in [1.54, 1.807) is 0 Å². The van der Waals surface area contributed by atoms with Gasteiger partial charge in [0.1, 0.15) is 59.1 Å². The number of phenolic OH excluding ortho intramolecular Hbond substituents is 3. The Hall–Kier alpha value is -2.93. The Labute approximate surface area is 181 Å². The summed E-state index contributed by atoms with van der Waals surface area (Å²) in [6.07, 6.45) is -8.73. The van der Waals surface area contributed by atoms with E-state index in [0.29, 0.717) is 5.56 Å². The van der Waals surface area contributed by atoms with Gasteiger partial charge in [0, 0.05) is 6.07 Å². The van der Waals surface area contributed by atoms with E-state index in [1.165, 1.54) is 24.3 Å². The Bertz CT molecular complexity index is 1040. The van der Waals surface area contributed by atoms with Crippen LogP contribution < -0.4 is 4.74 Å². The second-order valence-electron chi connectivity index (χ2n) is 7.78. The van der Waals surface area contributed by atoms with Crippen molar-refractivity contribution in [3.63, 3.8) is 0 Å². The first-order valence-electron chi connectivity index (χ1n) is 9.72. The number of aliphatic hydroxyl groups is 5. The van der Waals surface area contributed by atoms with Crippen LogP contribution in [0.25, 0.3) is 0 Å². The van der Waals surface area contributed by atoms with Crippen molar-refractivity contribution in [2.75, 3.05) is 6.61 Å². The Kier molecular flexibility index (Phi) is 5.49. The van der Waals surface area contributed by atoms with Gasteiger partial charge in [-0.25, -0.2) is 0 Å². The molecule has 11 nitrogen and oxygen atoms in total. The number of ketones is 1. The molecule has 8 N–H and O–H groups in total. The molecule has 0 radical (unpaired) electrons. The van der Waals surface area contributed by atoms with Gasteiger partial charge in [-0.1, -0.05) is 12.1 Å². The van der Waals surface area contributed by atoms with Gasteiger partial charge >= 0.3 is 0 Å². The number of rotatable bonds is 3. The average Bonchev–Trinajstić information content (AvgIpc) is 2.74. The summed E-state index contributed by atoms with van der Waals surface area (Å²) in [6, 6.07) is 6.46. The zero-order valence-electron chi connectivity index (χ0n) is 16.5. The molecule has 2 heterocycles. The molecule has 0 amide bonds. The number of carbonyl (C=O) groups is 1. The van der Waals surface area contributed by atoms with Crippen molar-refractivity contribution in [3.05, 3.63) is 47.0 Å². The van der Waals surface area contributed by atoms with Crippen molar-refractivity contribution in [2.45, 2.75) is 42.7 Å². The van der Waals surface area contributed by atoms with Crippen molar-refractivity contribution in [3.8, 4) is 23.0 Å². The van der Waals surface area contributed by atoms with Gasteiger partial charge in [0.25, 0.3) is 0 Å². The number of fused-ring (bicyclic) bond motifs is 1. The summed E-state index contributed by atoms with van der Waals surface area (Å²) in [5.74, 6) is -5.55. The smallest absolute Gasteiger partial charge is 0.229 e. The van der Waals surface area contributed by atoms with E-state index in [4.69, 9.17) is 9.47 Å². The summed E-state index contributed by atoms with van der Waals surface area (Å²) in [7, 11) is 0. The summed E-state index contributed by atoms with van der Waals surface area (Å²) in [4.78, 5) is 12.8. The highest BCUT2D eigenvalue weighted by atomic mass is 16.7. The highest BCUT2D eigenvalue weighted by molar-refractivity contribution is 6.03. The van der Waals surface area contributed by atoms with Gasteiger partial charge < -0.3 is 50.3 Å². The summed E-state index contributed by atoms with van der Waals surface area (Å²) in [6.45, 7) is -0.857. The molecular formula is C21H22O11. The maximum Gasteiger partial charge on any atom is 0.229 e. The Morgan fingerprint density at radius 1 is 1.00 bits per heavy atom. The maximum absolute atomic E-state index is 12.8. The molecule has 2 aliphatic heterocycles. The van der Waals surface area contributed by atoms with Crippen LogP contribution in [0.2, 0.25) is 0 Å². The number of hydrogen-bond acceptors (Lipinski definition) is 11. The van der Waals surface area contributed by atoms with Gasteiger partial charge in [0.15, 0.2) is 5.78 Å². The Morgan fingerprint density at radius 3 is 2.28 bits per heavy atom. The molecule has 0 aliphatic carbocycles. The predicted molar refractivity (Wildman–Crippen MR) is 104 cm³/mol. The standard InChI is InChI=1S/C21H22O11/c22-7-14-17(27)18(28)20(29)21(30,32-14)16-12(26)5-10(24)15-11(25)6-13(31-19(15)16)8-1-3-9(23)4-2-8/h1-5,13-14,17-18,20,22-24,26-30H,6-7H2. The molecule has 0 spiro atoms. The second-order valence-corrected chi connectivity index (χ2v) is 7.78. The molecule has 0 saturated carbocycles. The number of aromatic hydroxyl groups is 3. The molecule has 2 aromatic rings. The van der Waals surface area contributed by atoms with E-state index in [2.05, 4.69) is 0 Å². The lowest BCUT2D eigenvalue weighted by atomic mass is 9.84. The van der Waals surface area contributed by atoms with Gasteiger partial charge in [-0.3, -0.25) is 4.79 Å². The van der Waals surface area contributed by atoms with E-state index in [-0.39, 0.29) is 12.2 Å². The third-order valence-corrected chi connectivity index (χ3v) is 5.74. The molecule has 172 valence electrons. The topological polar surface area (TPSA) is 197 Å². The summed E-state index contributed by atoms with van der Waals surface area (Å²) < 4.78 is 11.1. The fraction of sp³-hybridized carbons (Fsp3) is 0.381. The fourth-order valence-corrected chi connectivity index (χ4v) is 4.05. The largest absolute Gasteiger partial charge is 0.508 e. The monoisotopic (exact) mass is 450 g/mol. The SMILES string of the molecule is O=C1CC(c2ccc(O)cc2)Oc2c1c(O)cc(O)c2C1(O)OC(CO)C(O)C(O)C1O. The Balaban J connectivity index is 1.87. The predicted octanol–water partition coefficient (Wildman–Crippen LogP) is -0.871. The quantitative estimate of drug-likeness (QED) is 0.289. The van der Waals surface area contributed by atoms with Crippen molar-refractivity contribution < 1.29 is 55.1 Å². The van der Waals surface area contributed by atoms with Gasteiger partial charge in [-0.05, 0) is 17.7 Å². The van der Waals surface area contributed by atoms with Crippen LogP contribution in [0.4, 0.5) is 0 Å². The number of phenols is 3. The van der Waals surface area contributed by atoms with Crippen molar-refractivity contribution in [1.29, 1.82) is 0 Å². The lowest BCUT2D eigenvalue weighted by Gasteiger charge is -2.46. The first kappa shape index (κ1) is 22.3. The molecular weight excluding hydrogens is 428 g/mol. The van der Waals surface area contributed by atoms with Gasteiger partial charge in [0.05, 0.1) is 18.6 Å². The number of aliphatic hydroxyl groups excluding tert-OH is 4. The van der Waals surface area contributed by atoms with Crippen LogP contribution in [0.15, 0.2) is 30.3 Å². The molecule has 32 heavy (non-hydrogen) atoms. The zero-order chi connectivity index (χ0) is 23.4. The first-order chi connectivity index (χ1) is 15.1. The van der Waals surface area contributed by atoms with E-state index in [1.807, 2.05) is 0 Å². The van der Waals surface area contributed by atoms with E-state index in [9.17, 15) is 45.6 Å². The minimum Gasteiger partial charge on any atom is -0.508 e. The highest BCUT2D eigenvalue weighted by Crippen LogP contribution is 2.51. The lowest BCUT2D eigenvalue weighted by Crippen LogP contribution is -2.63. The van der Waals surface area contributed by atoms with Crippen LogP contribution in [0.5, 0.6) is 23.0 Å². The van der Waals surface area contributed by atoms with Gasteiger partial charge in [-0.15, -0.1) is 0 Å². The third-order valence-electron chi connectivity index (χ3n) is 5.74. The van der Waals surface area contributed by atoms with E-state index in [0.717, 1.165) is 6.07 Å². The highest BCUT2D eigenvalue weighted by Gasteiger charge is 2.57. The molecule has 1 saturated heterocycles. The van der Waals surface area contributed by atoms with Gasteiger partial charge in [-0.2, -0.15) is 0 Å². The number of ether oxygens (including phenoxy) is 2. The van der Waals surface area contributed by atoms with Crippen LogP contribution >= 0.6 is 0 Å². The number of hydrogen-bond donors (Lipinski definition) is 8. The van der Waals surface area contributed by atoms with E-state index >= 15 is 0 Å². The van der Waals surface area contributed by atoms with Crippen LogP contribution in [-0.2, 0) is 10.5 Å². The molecule has 4 rings (SSSR count). The molecule has 6 unspecified atom stereocenters.